The highest BCUT2D eigenvalue weighted by molar-refractivity contribution is 5.40. The number of halogens is 2. The van der Waals surface area contributed by atoms with Gasteiger partial charge in [0.2, 0.25) is 5.82 Å². The monoisotopic (exact) mass is 213 g/mol. The zero-order chi connectivity index (χ0) is 11.0. The van der Waals surface area contributed by atoms with Crippen molar-refractivity contribution in [3.05, 3.63) is 28.8 Å². The Kier molecular flexibility index (Phi) is 2.61. The third-order valence-corrected chi connectivity index (χ3v) is 2.83. The van der Waals surface area contributed by atoms with Gasteiger partial charge in [0.25, 0.3) is 0 Å². The van der Waals surface area contributed by atoms with Crippen molar-refractivity contribution in [3.63, 3.8) is 0 Å². The maximum Gasteiger partial charge on any atom is 0.200 e. The molecule has 0 radical (unpaired) electrons. The van der Waals surface area contributed by atoms with Gasteiger partial charge >= 0.3 is 0 Å². The van der Waals surface area contributed by atoms with E-state index in [9.17, 15) is 13.9 Å². The molecule has 0 amide bonds. The predicted octanol–water partition coefficient (Wildman–Crippen LogP) is 2.40. The zero-order valence-electron chi connectivity index (χ0n) is 8.48. The predicted molar refractivity (Wildman–Crippen MR) is 52.7 cm³/mol. The van der Waals surface area contributed by atoms with E-state index in [1.807, 2.05) is 0 Å². The van der Waals surface area contributed by atoms with Crippen LogP contribution in [0.4, 0.5) is 8.78 Å². The third-order valence-electron chi connectivity index (χ3n) is 2.83. The summed E-state index contributed by atoms with van der Waals surface area (Å²) in [7, 11) is 0. The van der Waals surface area contributed by atoms with Crippen LogP contribution >= 0.6 is 0 Å². The summed E-state index contributed by atoms with van der Waals surface area (Å²) in [6, 6.07) is 1.45. The summed E-state index contributed by atoms with van der Waals surface area (Å²) >= 11 is 0. The van der Waals surface area contributed by atoms with E-state index in [1.54, 1.807) is 0 Å². The van der Waals surface area contributed by atoms with E-state index in [4.69, 9.17) is 0 Å². The van der Waals surface area contributed by atoms with Gasteiger partial charge in [-0.3, -0.25) is 0 Å². The molecular formula is C11H13F2NO. The summed E-state index contributed by atoms with van der Waals surface area (Å²) in [4.78, 5) is 0. The Bertz CT molecular complexity index is 387. The van der Waals surface area contributed by atoms with Crippen LogP contribution in [0.1, 0.15) is 30.0 Å². The second kappa shape index (κ2) is 3.77. The van der Waals surface area contributed by atoms with Gasteiger partial charge in [-0.2, -0.15) is 4.39 Å². The molecule has 0 bridgehead atoms. The number of aryl methyl sites for hydroxylation is 1. The van der Waals surface area contributed by atoms with E-state index in [0.717, 1.165) is 19.4 Å². The second-order valence-corrected chi connectivity index (χ2v) is 3.91. The second-order valence-electron chi connectivity index (χ2n) is 3.91. The molecule has 1 fully saturated rings. The van der Waals surface area contributed by atoms with Gasteiger partial charge in [-0.25, -0.2) is 4.39 Å². The van der Waals surface area contributed by atoms with Crippen LogP contribution in [-0.2, 0) is 0 Å². The fourth-order valence-electron chi connectivity index (χ4n) is 1.98. The normalized spacial score (nSPS) is 20.9. The molecule has 2 N–H and O–H groups in total. The fraction of sp³-hybridized carbons (Fsp3) is 0.455. The van der Waals surface area contributed by atoms with Crippen molar-refractivity contribution in [2.75, 3.05) is 6.54 Å². The summed E-state index contributed by atoms with van der Waals surface area (Å²) < 4.78 is 26.4. The molecule has 1 heterocycles. The number of nitrogens with one attached hydrogen (secondary N) is 1. The van der Waals surface area contributed by atoms with E-state index >= 15 is 0 Å². The van der Waals surface area contributed by atoms with Gasteiger partial charge in [-0.1, -0.05) is 0 Å². The molecule has 2 rings (SSSR count). The standard InChI is InChI=1S/C11H13F2NO/c1-6-5-7(8-3-2-4-14-8)11(15)10(13)9(6)12/h5,8,14-15H,2-4H2,1H3/t8-/m0/s1. The van der Waals surface area contributed by atoms with Crippen molar-refractivity contribution in [3.8, 4) is 5.75 Å². The van der Waals surface area contributed by atoms with E-state index < -0.39 is 17.4 Å². The maximum absolute atomic E-state index is 13.3. The minimum Gasteiger partial charge on any atom is -0.505 e. The first-order valence-electron chi connectivity index (χ1n) is 5.02. The Balaban J connectivity index is 2.47. The molecule has 0 aromatic heterocycles. The lowest BCUT2D eigenvalue weighted by Crippen LogP contribution is -2.14. The average Bonchev–Trinajstić information content (AvgIpc) is 2.73. The van der Waals surface area contributed by atoms with Gasteiger partial charge in [0.05, 0.1) is 0 Å². The first kappa shape index (κ1) is 10.4. The molecule has 82 valence electrons. The molecule has 0 saturated carbocycles. The van der Waals surface area contributed by atoms with E-state index in [-0.39, 0.29) is 11.6 Å². The smallest absolute Gasteiger partial charge is 0.200 e. The summed E-state index contributed by atoms with van der Waals surface area (Å²) in [6.45, 7) is 2.35. The largest absolute Gasteiger partial charge is 0.505 e. The summed E-state index contributed by atoms with van der Waals surface area (Å²) in [5, 5.41) is 12.6. The topological polar surface area (TPSA) is 32.3 Å². The Labute approximate surface area is 86.9 Å². The molecule has 1 aromatic carbocycles. The maximum atomic E-state index is 13.3. The summed E-state index contributed by atoms with van der Waals surface area (Å²) in [5.41, 5.74) is 0.693. The van der Waals surface area contributed by atoms with Crippen molar-refractivity contribution in [1.82, 2.24) is 5.32 Å². The lowest BCUT2D eigenvalue weighted by Gasteiger charge is -2.14. The minimum absolute atomic E-state index is 0.0567. The van der Waals surface area contributed by atoms with Gasteiger partial charge < -0.3 is 10.4 Å². The molecule has 1 aliphatic heterocycles. The lowest BCUT2D eigenvalue weighted by atomic mass is 10.0. The zero-order valence-corrected chi connectivity index (χ0v) is 8.48. The van der Waals surface area contributed by atoms with Crippen LogP contribution in [-0.4, -0.2) is 11.7 Å². The summed E-state index contributed by atoms with van der Waals surface area (Å²) in [6.07, 6.45) is 1.83. The van der Waals surface area contributed by atoms with E-state index in [0.29, 0.717) is 5.56 Å². The Morgan fingerprint density at radius 3 is 2.73 bits per heavy atom. The van der Waals surface area contributed by atoms with Crippen molar-refractivity contribution in [1.29, 1.82) is 0 Å². The number of rotatable bonds is 1. The van der Waals surface area contributed by atoms with Gasteiger partial charge in [0, 0.05) is 11.6 Å². The van der Waals surface area contributed by atoms with E-state index in [1.165, 1.54) is 13.0 Å². The highest BCUT2D eigenvalue weighted by atomic mass is 19.2. The third kappa shape index (κ3) is 1.69. The molecule has 1 saturated heterocycles. The van der Waals surface area contributed by atoms with Gasteiger partial charge in [0.15, 0.2) is 11.6 Å². The van der Waals surface area contributed by atoms with Crippen molar-refractivity contribution >= 4 is 0 Å². The van der Waals surface area contributed by atoms with Crippen LogP contribution in [0.2, 0.25) is 0 Å². The number of phenols is 1. The summed E-state index contributed by atoms with van der Waals surface area (Å²) in [5.74, 6) is -2.66. The molecule has 4 heteroatoms. The highest BCUT2D eigenvalue weighted by Crippen LogP contribution is 2.34. The van der Waals surface area contributed by atoms with Gasteiger partial charge in [-0.15, -0.1) is 0 Å². The number of benzene rings is 1. The van der Waals surface area contributed by atoms with Crippen LogP contribution in [0.25, 0.3) is 0 Å². The molecular weight excluding hydrogens is 200 g/mol. The number of hydrogen-bond donors (Lipinski definition) is 2. The molecule has 1 aliphatic rings. The van der Waals surface area contributed by atoms with E-state index in [2.05, 4.69) is 5.32 Å². The van der Waals surface area contributed by atoms with Crippen molar-refractivity contribution in [2.24, 2.45) is 0 Å². The van der Waals surface area contributed by atoms with Crippen LogP contribution in [0.15, 0.2) is 6.07 Å². The van der Waals surface area contributed by atoms with Crippen LogP contribution in [0.5, 0.6) is 5.75 Å². The van der Waals surface area contributed by atoms with Crippen LogP contribution < -0.4 is 5.32 Å². The van der Waals surface area contributed by atoms with Gasteiger partial charge in [0.1, 0.15) is 0 Å². The van der Waals surface area contributed by atoms with Crippen LogP contribution in [0, 0.1) is 18.6 Å². The average molecular weight is 213 g/mol. The van der Waals surface area contributed by atoms with Crippen molar-refractivity contribution in [2.45, 2.75) is 25.8 Å². The molecule has 0 spiro atoms. The number of hydrogen-bond acceptors (Lipinski definition) is 2. The Morgan fingerprint density at radius 1 is 1.40 bits per heavy atom. The quantitative estimate of drug-likeness (QED) is 0.750. The lowest BCUT2D eigenvalue weighted by molar-refractivity contribution is 0.393. The molecule has 0 unspecified atom stereocenters. The van der Waals surface area contributed by atoms with Crippen LogP contribution in [0.3, 0.4) is 0 Å². The first-order valence-corrected chi connectivity index (χ1v) is 5.02. The number of phenolic OH excluding ortho intramolecular Hbond substituents is 1. The Hall–Kier alpha value is -1.16. The molecule has 1 atom stereocenters. The van der Waals surface area contributed by atoms with Gasteiger partial charge in [-0.05, 0) is 37.9 Å². The number of aromatic hydroxyl groups is 1. The Morgan fingerprint density at radius 2 is 2.13 bits per heavy atom. The van der Waals surface area contributed by atoms with Crippen molar-refractivity contribution < 1.29 is 13.9 Å². The molecule has 15 heavy (non-hydrogen) atoms. The SMILES string of the molecule is Cc1cc([C@@H]2CCCN2)c(O)c(F)c1F. The molecule has 2 nitrogen and oxygen atoms in total. The molecule has 1 aromatic rings. The molecule has 0 aliphatic carbocycles. The fourth-order valence-corrected chi connectivity index (χ4v) is 1.98. The first-order chi connectivity index (χ1) is 7.11. The highest BCUT2D eigenvalue weighted by Gasteiger charge is 2.24. The minimum atomic E-state index is -1.14.